The van der Waals surface area contributed by atoms with Crippen molar-refractivity contribution >= 4 is 0 Å². The van der Waals surface area contributed by atoms with E-state index in [1.165, 1.54) is 44.9 Å². The second-order valence-electron chi connectivity index (χ2n) is 13.1. The van der Waals surface area contributed by atoms with Gasteiger partial charge in [0.1, 0.15) is 0 Å². The normalized spacial score (nSPS) is 62.5. The third-order valence-electron chi connectivity index (χ3n) is 11.9. The lowest BCUT2D eigenvalue weighted by Crippen LogP contribution is -2.55. The molecule has 2 heterocycles. The van der Waals surface area contributed by atoms with Crippen LogP contribution in [0.3, 0.4) is 0 Å². The maximum absolute atomic E-state index is 10.3. The van der Waals surface area contributed by atoms with Crippen LogP contribution in [0.5, 0.6) is 0 Å². The van der Waals surface area contributed by atoms with Crippen molar-refractivity contribution < 1.29 is 14.6 Å². The third-order valence-corrected chi connectivity index (χ3v) is 11.9. The van der Waals surface area contributed by atoms with Crippen LogP contribution >= 0.6 is 0 Å². The summed E-state index contributed by atoms with van der Waals surface area (Å²) in [5.74, 6) is 4.93. The lowest BCUT2D eigenvalue weighted by atomic mass is 9.44. The molecule has 0 radical (unpaired) electrons. The Labute approximate surface area is 183 Å². The van der Waals surface area contributed by atoms with Gasteiger partial charge in [-0.25, -0.2) is 0 Å². The van der Waals surface area contributed by atoms with Crippen LogP contribution in [0.4, 0.5) is 0 Å². The highest BCUT2D eigenvalue weighted by molar-refractivity contribution is 5.15. The monoisotopic (exact) mass is 416 g/mol. The van der Waals surface area contributed by atoms with Gasteiger partial charge in [0.25, 0.3) is 0 Å². The van der Waals surface area contributed by atoms with Crippen LogP contribution in [0.15, 0.2) is 0 Å². The average Bonchev–Trinajstić information content (AvgIpc) is 3.16. The molecule has 2 saturated heterocycles. The summed E-state index contributed by atoms with van der Waals surface area (Å²) in [7, 11) is 0. The smallest absolute Gasteiger partial charge is 0.171 e. The summed E-state index contributed by atoms with van der Waals surface area (Å²) in [6.07, 6.45) is 12.9. The molecule has 170 valence electrons. The van der Waals surface area contributed by atoms with Gasteiger partial charge in [0.2, 0.25) is 0 Å². The fourth-order valence-electron chi connectivity index (χ4n) is 10.3. The molecule has 6 fully saturated rings. The molecule has 6 unspecified atom stereocenters. The molecule has 3 heteroatoms. The van der Waals surface area contributed by atoms with E-state index in [2.05, 4.69) is 27.7 Å². The number of hydrogen-bond donors (Lipinski definition) is 1. The summed E-state index contributed by atoms with van der Waals surface area (Å²) in [5, 5.41) is 10.3. The van der Waals surface area contributed by atoms with Crippen molar-refractivity contribution in [1.82, 2.24) is 0 Å². The zero-order valence-electron chi connectivity index (χ0n) is 19.7. The lowest BCUT2D eigenvalue weighted by Gasteiger charge is -2.61. The van der Waals surface area contributed by atoms with E-state index in [0.717, 1.165) is 49.5 Å². The molecule has 0 aromatic carbocycles. The van der Waals surface area contributed by atoms with Crippen molar-refractivity contribution in [3.63, 3.8) is 0 Å². The van der Waals surface area contributed by atoms with Crippen molar-refractivity contribution in [3.8, 4) is 0 Å². The Hall–Kier alpha value is -0.120. The lowest BCUT2D eigenvalue weighted by molar-refractivity contribution is -0.273. The molecule has 0 bridgehead atoms. The van der Waals surface area contributed by atoms with Crippen LogP contribution in [0, 0.1) is 52.3 Å². The number of fused-ring (bicyclic) bond motifs is 7. The summed E-state index contributed by atoms with van der Waals surface area (Å²) in [6, 6.07) is 0. The fraction of sp³-hybridized carbons (Fsp3) is 1.00. The highest BCUT2D eigenvalue weighted by Crippen LogP contribution is 2.71. The zero-order valence-corrected chi connectivity index (χ0v) is 19.7. The van der Waals surface area contributed by atoms with E-state index in [1.807, 2.05) is 0 Å². The Bertz CT molecular complexity index is 684. The van der Waals surface area contributed by atoms with E-state index in [1.54, 1.807) is 0 Å². The minimum absolute atomic E-state index is 0.0389. The standard InChI is InChI=1S/C27H44O3/c1-16-7-12-27(29-15-16)17(2)24-23(30-27)14-22-20-6-5-18-13-19(28)8-10-25(18,3)21(20)9-11-26(22,24)4/h16-24,28H,5-15H2,1-4H3/t16-,17+,18?,19+,20?,21?,22?,23?,24?,25+,26+,27-/m1/s1. The average molecular weight is 417 g/mol. The summed E-state index contributed by atoms with van der Waals surface area (Å²) in [5.41, 5.74) is 0.899. The molecule has 1 spiro atoms. The molecule has 30 heavy (non-hydrogen) atoms. The predicted molar refractivity (Wildman–Crippen MR) is 118 cm³/mol. The molecule has 2 aliphatic heterocycles. The van der Waals surface area contributed by atoms with Crippen LogP contribution in [0.1, 0.15) is 91.9 Å². The van der Waals surface area contributed by atoms with Gasteiger partial charge in [-0.3, -0.25) is 0 Å². The molecule has 1 N–H and O–H groups in total. The van der Waals surface area contributed by atoms with Gasteiger partial charge in [-0.05, 0) is 104 Å². The van der Waals surface area contributed by atoms with E-state index in [0.29, 0.717) is 34.7 Å². The van der Waals surface area contributed by atoms with Gasteiger partial charge in [0.05, 0.1) is 18.8 Å². The molecule has 6 aliphatic rings. The maximum Gasteiger partial charge on any atom is 0.171 e. The number of aliphatic hydroxyl groups excluding tert-OH is 1. The van der Waals surface area contributed by atoms with Gasteiger partial charge in [-0.15, -0.1) is 0 Å². The molecule has 6 rings (SSSR count). The Morgan fingerprint density at radius 3 is 2.40 bits per heavy atom. The Morgan fingerprint density at radius 1 is 0.833 bits per heavy atom. The molecular formula is C27H44O3. The van der Waals surface area contributed by atoms with Crippen molar-refractivity contribution in [2.75, 3.05) is 6.61 Å². The number of aliphatic hydroxyl groups is 1. The zero-order chi connectivity index (χ0) is 20.9. The fourth-order valence-corrected chi connectivity index (χ4v) is 10.3. The Kier molecular flexibility index (Phi) is 4.58. The molecule has 4 aliphatic carbocycles. The third kappa shape index (κ3) is 2.61. The minimum Gasteiger partial charge on any atom is -0.393 e. The van der Waals surface area contributed by atoms with Crippen molar-refractivity contribution in [2.24, 2.45) is 52.3 Å². The SMILES string of the molecule is C[C@@H]1CC[C@@]2(OC1)OC1CC3C4CCC5C[C@@H](O)CC[C@]5(C)C4CC[C@]3(C)C1[C@@H]2C. The van der Waals surface area contributed by atoms with E-state index < -0.39 is 0 Å². The van der Waals surface area contributed by atoms with Gasteiger partial charge in [0, 0.05) is 12.3 Å². The van der Waals surface area contributed by atoms with Crippen molar-refractivity contribution in [1.29, 1.82) is 0 Å². The molecule has 4 saturated carbocycles. The molecule has 0 amide bonds. The first-order chi connectivity index (χ1) is 14.3. The van der Waals surface area contributed by atoms with Crippen LogP contribution in [0.25, 0.3) is 0 Å². The Balaban J connectivity index is 1.26. The largest absolute Gasteiger partial charge is 0.393 e. The van der Waals surface area contributed by atoms with Gasteiger partial charge in [0.15, 0.2) is 5.79 Å². The first-order valence-electron chi connectivity index (χ1n) is 13.3. The number of rotatable bonds is 0. The van der Waals surface area contributed by atoms with Crippen LogP contribution in [-0.2, 0) is 9.47 Å². The first-order valence-corrected chi connectivity index (χ1v) is 13.3. The van der Waals surface area contributed by atoms with Crippen LogP contribution in [-0.4, -0.2) is 29.7 Å². The maximum atomic E-state index is 10.3. The highest BCUT2D eigenvalue weighted by Gasteiger charge is 2.69. The second kappa shape index (κ2) is 6.70. The number of hydrogen-bond acceptors (Lipinski definition) is 3. The molecular weight excluding hydrogens is 372 g/mol. The summed E-state index contributed by atoms with van der Waals surface area (Å²) >= 11 is 0. The van der Waals surface area contributed by atoms with Crippen LogP contribution < -0.4 is 0 Å². The molecule has 0 aromatic rings. The van der Waals surface area contributed by atoms with Gasteiger partial charge >= 0.3 is 0 Å². The summed E-state index contributed by atoms with van der Waals surface area (Å²) in [6.45, 7) is 10.9. The topological polar surface area (TPSA) is 38.7 Å². The summed E-state index contributed by atoms with van der Waals surface area (Å²) < 4.78 is 13.4. The van der Waals surface area contributed by atoms with Gasteiger partial charge in [-0.2, -0.15) is 0 Å². The molecule has 12 atom stereocenters. The second-order valence-corrected chi connectivity index (χ2v) is 13.1. The van der Waals surface area contributed by atoms with E-state index >= 15 is 0 Å². The number of ether oxygens (including phenoxy) is 2. The highest BCUT2D eigenvalue weighted by atomic mass is 16.7. The molecule has 3 nitrogen and oxygen atoms in total. The quantitative estimate of drug-likeness (QED) is 0.543. The summed E-state index contributed by atoms with van der Waals surface area (Å²) in [4.78, 5) is 0. The van der Waals surface area contributed by atoms with E-state index in [9.17, 15) is 5.11 Å². The van der Waals surface area contributed by atoms with Crippen molar-refractivity contribution in [3.05, 3.63) is 0 Å². The molecule has 0 aromatic heterocycles. The van der Waals surface area contributed by atoms with E-state index in [-0.39, 0.29) is 11.9 Å². The Morgan fingerprint density at radius 2 is 1.63 bits per heavy atom. The minimum atomic E-state index is -0.282. The van der Waals surface area contributed by atoms with E-state index in [4.69, 9.17) is 9.47 Å². The first kappa shape index (κ1) is 20.5. The van der Waals surface area contributed by atoms with Gasteiger partial charge < -0.3 is 14.6 Å². The van der Waals surface area contributed by atoms with Gasteiger partial charge in [-0.1, -0.05) is 27.7 Å². The van der Waals surface area contributed by atoms with Crippen molar-refractivity contribution in [2.45, 2.75) is 110 Å². The predicted octanol–water partition coefficient (Wildman–Crippen LogP) is 5.79. The van der Waals surface area contributed by atoms with Crippen LogP contribution in [0.2, 0.25) is 0 Å².